The second-order valence-corrected chi connectivity index (χ2v) is 7.69. The SMILES string of the molecule is CN(C)C=CC(=O)C1C2CCC1CN(C(=O)OC(C)(C)C)C2. The molecule has 0 aromatic carbocycles. The molecule has 2 bridgehead atoms. The first-order valence-corrected chi connectivity index (χ1v) is 8.04. The molecular weight excluding hydrogens is 280 g/mol. The highest BCUT2D eigenvalue weighted by Crippen LogP contribution is 2.42. The van der Waals surface area contributed by atoms with E-state index in [0.717, 1.165) is 12.8 Å². The van der Waals surface area contributed by atoms with E-state index >= 15 is 0 Å². The van der Waals surface area contributed by atoms with Gasteiger partial charge < -0.3 is 14.5 Å². The molecule has 1 aliphatic heterocycles. The van der Waals surface area contributed by atoms with Crippen LogP contribution in [0.5, 0.6) is 0 Å². The molecule has 1 amide bonds. The number of ether oxygens (including phenoxy) is 1. The first kappa shape index (κ1) is 16.8. The predicted octanol–water partition coefficient (Wildman–Crippen LogP) is 2.52. The number of hydrogen-bond acceptors (Lipinski definition) is 4. The van der Waals surface area contributed by atoms with Gasteiger partial charge in [-0.1, -0.05) is 0 Å². The molecule has 1 saturated carbocycles. The van der Waals surface area contributed by atoms with Crippen molar-refractivity contribution in [3.63, 3.8) is 0 Å². The molecule has 5 heteroatoms. The van der Waals surface area contributed by atoms with Crippen LogP contribution in [0.15, 0.2) is 12.3 Å². The lowest BCUT2D eigenvalue weighted by Crippen LogP contribution is -2.48. The number of piperidine rings is 1. The standard InChI is InChI=1S/C17H28N2O3/c1-17(2,3)22-16(21)19-10-12-6-7-13(11-19)15(12)14(20)8-9-18(4)5/h8-9,12-13,15H,6-7,10-11H2,1-5H3. The number of allylic oxidation sites excluding steroid dienone is 1. The van der Waals surface area contributed by atoms with Gasteiger partial charge >= 0.3 is 6.09 Å². The Morgan fingerprint density at radius 1 is 1.14 bits per heavy atom. The summed E-state index contributed by atoms with van der Waals surface area (Å²) in [5, 5.41) is 0. The summed E-state index contributed by atoms with van der Waals surface area (Å²) in [6.45, 7) is 6.90. The van der Waals surface area contributed by atoms with Crippen LogP contribution < -0.4 is 0 Å². The van der Waals surface area contributed by atoms with Crippen molar-refractivity contribution >= 4 is 11.9 Å². The van der Waals surface area contributed by atoms with Crippen LogP contribution in [0.4, 0.5) is 4.79 Å². The van der Waals surface area contributed by atoms with Crippen molar-refractivity contribution in [3.8, 4) is 0 Å². The minimum Gasteiger partial charge on any atom is -0.444 e. The van der Waals surface area contributed by atoms with Gasteiger partial charge in [-0.15, -0.1) is 0 Å². The highest BCUT2D eigenvalue weighted by Gasteiger charge is 2.46. The second-order valence-electron chi connectivity index (χ2n) is 7.69. The lowest BCUT2D eigenvalue weighted by molar-refractivity contribution is -0.122. The van der Waals surface area contributed by atoms with Crippen LogP contribution in [-0.4, -0.2) is 54.5 Å². The Labute approximate surface area is 133 Å². The predicted molar refractivity (Wildman–Crippen MR) is 85.3 cm³/mol. The smallest absolute Gasteiger partial charge is 0.410 e. The van der Waals surface area contributed by atoms with Crippen LogP contribution in [0.1, 0.15) is 33.6 Å². The molecule has 0 N–H and O–H groups in total. The average Bonchev–Trinajstić information content (AvgIpc) is 2.64. The molecule has 2 unspecified atom stereocenters. The van der Waals surface area contributed by atoms with Gasteiger partial charge in [0.25, 0.3) is 0 Å². The van der Waals surface area contributed by atoms with Gasteiger partial charge in [0.15, 0.2) is 5.78 Å². The Morgan fingerprint density at radius 3 is 2.14 bits per heavy atom. The fourth-order valence-corrected chi connectivity index (χ4v) is 3.50. The molecule has 0 aromatic heterocycles. The maximum atomic E-state index is 12.4. The van der Waals surface area contributed by atoms with Crippen molar-refractivity contribution in [2.75, 3.05) is 27.2 Å². The third-order valence-corrected chi connectivity index (χ3v) is 4.35. The molecule has 1 aliphatic carbocycles. The third kappa shape index (κ3) is 4.02. The average molecular weight is 308 g/mol. The van der Waals surface area contributed by atoms with Gasteiger partial charge in [-0.2, -0.15) is 0 Å². The molecule has 0 radical (unpaired) electrons. The third-order valence-electron chi connectivity index (χ3n) is 4.35. The van der Waals surface area contributed by atoms with E-state index in [4.69, 9.17) is 4.74 Å². The van der Waals surface area contributed by atoms with E-state index < -0.39 is 5.60 Å². The van der Waals surface area contributed by atoms with Gasteiger partial charge in [-0.05, 0) is 51.5 Å². The monoisotopic (exact) mass is 308 g/mol. The summed E-state index contributed by atoms with van der Waals surface area (Å²) in [6, 6.07) is 0. The van der Waals surface area contributed by atoms with Crippen molar-refractivity contribution in [2.24, 2.45) is 17.8 Å². The highest BCUT2D eigenvalue weighted by molar-refractivity contribution is 5.92. The van der Waals surface area contributed by atoms with Crippen LogP contribution in [0.2, 0.25) is 0 Å². The Balaban J connectivity index is 2.00. The largest absolute Gasteiger partial charge is 0.444 e. The number of carbonyl (C=O) groups excluding carboxylic acids is 2. The summed E-state index contributed by atoms with van der Waals surface area (Å²) < 4.78 is 5.46. The molecule has 2 rings (SSSR count). The normalized spacial score (nSPS) is 28.0. The van der Waals surface area contributed by atoms with Crippen LogP contribution in [0.3, 0.4) is 0 Å². The number of ketones is 1. The van der Waals surface area contributed by atoms with Crippen molar-refractivity contribution in [1.82, 2.24) is 9.80 Å². The van der Waals surface area contributed by atoms with E-state index in [9.17, 15) is 9.59 Å². The zero-order valence-corrected chi connectivity index (χ0v) is 14.3. The molecule has 2 fully saturated rings. The van der Waals surface area contributed by atoms with E-state index in [2.05, 4.69) is 0 Å². The minimum atomic E-state index is -0.475. The van der Waals surface area contributed by atoms with E-state index in [1.54, 1.807) is 11.0 Å². The number of nitrogens with zero attached hydrogens (tertiary/aromatic N) is 2. The molecule has 5 nitrogen and oxygen atoms in total. The lowest BCUT2D eigenvalue weighted by Gasteiger charge is -2.37. The molecule has 2 atom stereocenters. The van der Waals surface area contributed by atoms with Crippen molar-refractivity contribution < 1.29 is 14.3 Å². The van der Waals surface area contributed by atoms with E-state index in [1.807, 2.05) is 46.0 Å². The first-order chi connectivity index (χ1) is 10.2. The van der Waals surface area contributed by atoms with Crippen molar-refractivity contribution in [2.45, 2.75) is 39.2 Å². The molecule has 22 heavy (non-hydrogen) atoms. The van der Waals surface area contributed by atoms with Gasteiger partial charge in [0.2, 0.25) is 0 Å². The Bertz CT molecular complexity index is 451. The maximum absolute atomic E-state index is 12.4. The maximum Gasteiger partial charge on any atom is 0.410 e. The number of fused-ring (bicyclic) bond motifs is 2. The van der Waals surface area contributed by atoms with E-state index in [0.29, 0.717) is 13.1 Å². The lowest BCUT2D eigenvalue weighted by atomic mass is 9.82. The Hall–Kier alpha value is -1.52. The van der Waals surface area contributed by atoms with Gasteiger partial charge in [0, 0.05) is 39.3 Å². The molecule has 1 heterocycles. The fraction of sp³-hybridized carbons (Fsp3) is 0.765. The summed E-state index contributed by atoms with van der Waals surface area (Å²) >= 11 is 0. The minimum absolute atomic E-state index is 0.0647. The molecule has 0 spiro atoms. The van der Waals surface area contributed by atoms with Crippen LogP contribution in [-0.2, 0) is 9.53 Å². The van der Waals surface area contributed by atoms with Gasteiger partial charge in [0.05, 0.1) is 0 Å². The topological polar surface area (TPSA) is 49.9 Å². The molecule has 2 aliphatic rings. The highest BCUT2D eigenvalue weighted by atomic mass is 16.6. The van der Waals surface area contributed by atoms with Gasteiger partial charge in [-0.25, -0.2) is 4.79 Å². The summed E-state index contributed by atoms with van der Waals surface area (Å²) in [6.07, 6.45) is 5.28. The zero-order chi connectivity index (χ0) is 16.5. The Morgan fingerprint density at radius 2 is 1.68 bits per heavy atom. The summed E-state index contributed by atoms with van der Waals surface area (Å²) in [5.41, 5.74) is -0.475. The Kier molecular flexibility index (Phi) is 4.83. The molecular formula is C17H28N2O3. The molecule has 0 aromatic rings. The number of hydrogen-bond donors (Lipinski definition) is 0. The van der Waals surface area contributed by atoms with Crippen molar-refractivity contribution in [1.29, 1.82) is 0 Å². The quantitative estimate of drug-likeness (QED) is 0.752. The summed E-state index contributed by atoms with van der Waals surface area (Å²) in [4.78, 5) is 28.3. The first-order valence-electron chi connectivity index (χ1n) is 8.04. The summed E-state index contributed by atoms with van der Waals surface area (Å²) in [5.74, 6) is 0.802. The zero-order valence-electron chi connectivity index (χ0n) is 14.3. The number of likely N-dealkylation sites (tertiary alicyclic amines) is 1. The van der Waals surface area contributed by atoms with Gasteiger partial charge in [-0.3, -0.25) is 4.79 Å². The van der Waals surface area contributed by atoms with Crippen molar-refractivity contribution in [3.05, 3.63) is 12.3 Å². The van der Waals surface area contributed by atoms with Crippen LogP contribution in [0.25, 0.3) is 0 Å². The molecule has 124 valence electrons. The van der Waals surface area contributed by atoms with Crippen LogP contribution in [0, 0.1) is 17.8 Å². The van der Waals surface area contributed by atoms with Crippen LogP contribution >= 0.6 is 0 Å². The van der Waals surface area contributed by atoms with E-state index in [1.165, 1.54) is 0 Å². The number of carbonyl (C=O) groups is 2. The summed E-state index contributed by atoms with van der Waals surface area (Å²) in [7, 11) is 3.81. The van der Waals surface area contributed by atoms with E-state index in [-0.39, 0.29) is 29.6 Å². The fourth-order valence-electron chi connectivity index (χ4n) is 3.50. The number of amides is 1. The molecule has 1 saturated heterocycles. The number of rotatable bonds is 3. The second kappa shape index (κ2) is 6.31. The van der Waals surface area contributed by atoms with Gasteiger partial charge in [0.1, 0.15) is 5.60 Å².